The monoisotopic (exact) mass is 360 g/mol. The van der Waals surface area contributed by atoms with E-state index >= 15 is 0 Å². The van der Waals surface area contributed by atoms with Crippen molar-refractivity contribution in [1.29, 1.82) is 0 Å². The topological polar surface area (TPSA) is 23.6 Å². The van der Waals surface area contributed by atoms with E-state index in [4.69, 9.17) is 0 Å². The molecule has 0 N–H and O–H groups in total. The van der Waals surface area contributed by atoms with Crippen molar-refractivity contribution < 1.29 is 9.18 Å². The minimum absolute atomic E-state index is 0.106. The summed E-state index contributed by atoms with van der Waals surface area (Å²) in [5.74, 6) is 0.562. The number of rotatable bonds is 6. The molecule has 1 aliphatic rings. The maximum atomic E-state index is 13.7. The molecule has 2 aromatic rings. The molecule has 0 unspecified atom stereocenters. The summed E-state index contributed by atoms with van der Waals surface area (Å²) in [6, 6.07) is 8.91. The van der Waals surface area contributed by atoms with E-state index in [1.807, 2.05) is 40.9 Å². The van der Waals surface area contributed by atoms with Gasteiger partial charge >= 0.3 is 0 Å². The maximum Gasteiger partial charge on any atom is 0.254 e. The van der Waals surface area contributed by atoms with Crippen LogP contribution in [0.2, 0.25) is 0 Å². The molecule has 25 heavy (non-hydrogen) atoms. The Kier molecular flexibility index (Phi) is 6.21. The molecule has 134 valence electrons. The van der Waals surface area contributed by atoms with Gasteiger partial charge in [-0.15, -0.1) is 0 Å². The quantitative estimate of drug-likeness (QED) is 0.780. The van der Waals surface area contributed by atoms with E-state index in [1.54, 1.807) is 17.4 Å². The first kappa shape index (κ1) is 18.1. The lowest BCUT2D eigenvalue weighted by molar-refractivity contribution is 0.0741. The van der Waals surface area contributed by atoms with Crippen LogP contribution >= 0.6 is 11.3 Å². The van der Waals surface area contributed by atoms with Crippen LogP contribution in [0.25, 0.3) is 0 Å². The fourth-order valence-electron chi connectivity index (χ4n) is 3.45. The number of piperidine rings is 1. The molecule has 1 aromatic carbocycles. The summed E-state index contributed by atoms with van der Waals surface area (Å²) in [5.41, 5.74) is 1.58. The van der Waals surface area contributed by atoms with Crippen molar-refractivity contribution in [3.05, 3.63) is 58.0 Å². The fraction of sp³-hybridized carbons (Fsp3) is 0.450. The van der Waals surface area contributed by atoms with Gasteiger partial charge in [0.25, 0.3) is 5.91 Å². The number of benzene rings is 1. The average Bonchev–Trinajstić information content (AvgIpc) is 3.16. The van der Waals surface area contributed by atoms with Gasteiger partial charge in [0.05, 0.1) is 5.56 Å². The lowest BCUT2D eigenvalue weighted by Gasteiger charge is -2.33. The molecule has 1 saturated heterocycles. The summed E-state index contributed by atoms with van der Waals surface area (Å²) in [4.78, 5) is 16.6. The Bertz CT molecular complexity index is 681. The van der Waals surface area contributed by atoms with Crippen molar-refractivity contribution >= 4 is 17.2 Å². The molecule has 3 rings (SSSR count). The number of halogens is 1. The molecule has 5 heteroatoms. The zero-order valence-corrected chi connectivity index (χ0v) is 15.5. The van der Waals surface area contributed by atoms with Crippen molar-refractivity contribution in [1.82, 2.24) is 9.80 Å². The Balaban J connectivity index is 1.41. The predicted molar refractivity (Wildman–Crippen MR) is 101 cm³/mol. The van der Waals surface area contributed by atoms with E-state index in [0.717, 1.165) is 56.6 Å². The molecule has 0 aliphatic carbocycles. The molecule has 0 saturated carbocycles. The standard InChI is InChI=1S/C20H25FN2OS/c1-22(20(24)18-9-13-25-15-18)14-16-6-10-23(11-7-16)12-8-17-4-2-3-5-19(17)21/h2-5,9,13,15-16H,6-8,10-12,14H2,1H3. The number of carbonyl (C=O) groups is 1. The molecule has 1 aliphatic heterocycles. The van der Waals surface area contributed by atoms with Gasteiger partial charge in [0.1, 0.15) is 5.82 Å². The zero-order chi connectivity index (χ0) is 17.6. The van der Waals surface area contributed by atoms with Crippen molar-refractivity contribution in [2.75, 3.05) is 33.2 Å². The Morgan fingerprint density at radius 1 is 1.28 bits per heavy atom. The second kappa shape index (κ2) is 8.59. The first-order chi connectivity index (χ1) is 12.1. The van der Waals surface area contributed by atoms with Crippen molar-refractivity contribution in [2.24, 2.45) is 5.92 Å². The number of amides is 1. The summed E-state index contributed by atoms with van der Waals surface area (Å²) in [5, 5.41) is 3.85. The highest BCUT2D eigenvalue weighted by Crippen LogP contribution is 2.20. The summed E-state index contributed by atoms with van der Waals surface area (Å²) in [6.07, 6.45) is 2.95. The van der Waals surface area contributed by atoms with Gasteiger partial charge in [-0.2, -0.15) is 11.3 Å². The van der Waals surface area contributed by atoms with Crippen LogP contribution in [0.1, 0.15) is 28.8 Å². The molecule has 3 nitrogen and oxygen atoms in total. The van der Waals surface area contributed by atoms with Crippen LogP contribution in [0.15, 0.2) is 41.1 Å². The molecule has 0 spiro atoms. The van der Waals surface area contributed by atoms with Crippen LogP contribution in [0.5, 0.6) is 0 Å². The van der Waals surface area contributed by atoms with Crippen LogP contribution in [0, 0.1) is 11.7 Å². The SMILES string of the molecule is CN(CC1CCN(CCc2ccccc2F)CC1)C(=O)c1ccsc1. The highest BCUT2D eigenvalue weighted by atomic mass is 32.1. The lowest BCUT2D eigenvalue weighted by atomic mass is 9.95. The molecule has 1 fully saturated rings. The van der Waals surface area contributed by atoms with Crippen LogP contribution in [-0.2, 0) is 6.42 Å². The number of hydrogen-bond donors (Lipinski definition) is 0. The third-order valence-electron chi connectivity index (χ3n) is 5.01. The van der Waals surface area contributed by atoms with Gasteiger partial charge in [-0.3, -0.25) is 4.79 Å². The number of nitrogens with zero attached hydrogens (tertiary/aromatic N) is 2. The summed E-state index contributed by atoms with van der Waals surface area (Å²) < 4.78 is 13.7. The van der Waals surface area contributed by atoms with Gasteiger partial charge in [-0.25, -0.2) is 4.39 Å². The molecule has 1 aromatic heterocycles. The van der Waals surface area contributed by atoms with Gasteiger partial charge < -0.3 is 9.80 Å². The number of carbonyl (C=O) groups excluding carboxylic acids is 1. The van der Waals surface area contributed by atoms with Gasteiger partial charge in [0, 0.05) is 25.5 Å². The molecular formula is C20H25FN2OS. The Labute approximate surface area is 153 Å². The Morgan fingerprint density at radius 3 is 2.72 bits per heavy atom. The summed E-state index contributed by atoms with van der Waals surface area (Å²) >= 11 is 1.56. The fourth-order valence-corrected chi connectivity index (χ4v) is 4.08. The van der Waals surface area contributed by atoms with E-state index in [0.29, 0.717) is 5.92 Å². The van der Waals surface area contributed by atoms with Gasteiger partial charge in [-0.1, -0.05) is 18.2 Å². The molecule has 2 heterocycles. The van der Waals surface area contributed by atoms with Crippen LogP contribution in [0.3, 0.4) is 0 Å². The number of thiophene rings is 1. The molecule has 0 atom stereocenters. The number of hydrogen-bond acceptors (Lipinski definition) is 3. The van der Waals surface area contributed by atoms with E-state index in [9.17, 15) is 9.18 Å². The second-order valence-electron chi connectivity index (χ2n) is 6.82. The predicted octanol–water partition coefficient (Wildman–Crippen LogP) is 3.91. The van der Waals surface area contributed by atoms with Crippen LogP contribution < -0.4 is 0 Å². The van der Waals surface area contributed by atoms with Crippen molar-refractivity contribution in [3.8, 4) is 0 Å². The molecule has 1 amide bonds. The van der Waals surface area contributed by atoms with E-state index in [-0.39, 0.29) is 11.7 Å². The first-order valence-corrected chi connectivity index (χ1v) is 9.81. The van der Waals surface area contributed by atoms with E-state index in [2.05, 4.69) is 4.90 Å². The number of likely N-dealkylation sites (tertiary alicyclic amines) is 1. The smallest absolute Gasteiger partial charge is 0.254 e. The molecule has 0 bridgehead atoms. The van der Waals surface area contributed by atoms with E-state index < -0.39 is 0 Å². The minimum atomic E-state index is -0.106. The normalized spacial score (nSPS) is 16.1. The van der Waals surface area contributed by atoms with Crippen molar-refractivity contribution in [2.45, 2.75) is 19.3 Å². The third-order valence-corrected chi connectivity index (χ3v) is 5.69. The Hall–Kier alpha value is -1.72. The summed E-state index contributed by atoms with van der Waals surface area (Å²) in [7, 11) is 1.89. The minimum Gasteiger partial charge on any atom is -0.341 e. The van der Waals surface area contributed by atoms with Gasteiger partial charge in [-0.05, 0) is 61.3 Å². The second-order valence-corrected chi connectivity index (χ2v) is 7.60. The van der Waals surface area contributed by atoms with Crippen molar-refractivity contribution in [3.63, 3.8) is 0 Å². The first-order valence-electron chi connectivity index (χ1n) is 8.87. The van der Waals surface area contributed by atoms with E-state index in [1.165, 1.54) is 6.07 Å². The van der Waals surface area contributed by atoms with Gasteiger partial charge in [0.2, 0.25) is 0 Å². The maximum absolute atomic E-state index is 13.7. The van der Waals surface area contributed by atoms with Gasteiger partial charge in [0.15, 0.2) is 0 Å². The van der Waals surface area contributed by atoms with Crippen LogP contribution in [0.4, 0.5) is 4.39 Å². The largest absolute Gasteiger partial charge is 0.341 e. The molecule has 0 radical (unpaired) electrons. The van der Waals surface area contributed by atoms with Crippen LogP contribution in [-0.4, -0.2) is 48.9 Å². The Morgan fingerprint density at radius 2 is 2.04 bits per heavy atom. The third kappa shape index (κ3) is 4.89. The average molecular weight is 360 g/mol. The zero-order valence-electron chi connectivity index (χ0n) is 14.7. The lowest BCUT2D eigenvalue weighted by Crippen LogP contribution is -2.40. The highest BCUT2D eigenvalue weighted by Gasteiger charge is 2.22. The molecular weight excluding hydrogens is 335 g/mol. The summed E-state index contributed by atoms with van der Waals surface area (Å²) in [6.45, 7) is 3.77. The highest BCUT2D eigenvalue weighted by molar-refractivity contribution is 7.08.